The summed E-state index contributed by atoms with van der Waals surface area (Å²) in [5.41, 5.74) is 5.13. The summed E-state index contributed by atoms with van der Waals surface area (Å²) in [7, 11) is 0. The number of H-pyrrole nitrogens is 1. The minimum absolute atomic E-state index is 0.00819. The van der Waals surface area contributed by atoms with Crippen LogP contribution in [0.5, 0.6) is 0 Å². The predicted octanol–water partition coefficient (Wildman–Crippen LogP) is 2.24. The molecule has 0 saturated carbocycles. The Morgan fingerprint density at radius 2 is 2.21 bits per heavy atom. The third-order valence-corrected chi connectivity index (χ3v) is 5.53. The summed E-state index contributed by atoms with van der Waals surface area (Å²) in [6.07, 6.45) is 5.46. The van der Waals surface area contributed by atoms with E-state index in [1.54, 1.807) is 10.9 Å². The maximum absolute atomic E-state index is 12.6. The maximum Gasteiger partial charge on any atom is 0.242 e. The lowest BCUT2D eigenvalue weighted by Gasteiger charge is -2.17. The molecular weight excluding hydrogens is 366 g/mol. The zero-order chi connectivity index (χ0) is 20.4. The minimum atomic E-state index is -0.00819. The van der Waals surface area contributed by atoms with Crippen molar-refractivity contribution in [1.82, 2.24) is 30.0 Å². The molecule has 1 unspecified atom stereocenters. The van der Waals surface area contributed by atoms with E-state index in [0.29, 0.717) is 12.5 Å². The van der Waals surface area contributed by atoms with Gasteiger partial charge in [-0.25, -0.2) is 9.97 Å². The van der Waals surface area contributed by atoms with Gasteiger partial charge in [-0.15, -0.1) is 0 Å². The van der Waals surface area contributed by atoms with Gasteiger partial charge in [-0.1, -0.05) is 6.92 Å². The molecule has 3 aromatic rings. The number of anilines is 1. The van der Waals surface area contributed by atoms with E-state index in [0.717, 1.165) is 42.2 Å². The Morgan fingerprint density at radius 3 is 2.93 bits per heavy atom. The average Bonchev–Trinajstić information content (AvgIpc) is 3.44. The SMILES string of the molecule is CCc1c(C)nn(CC(=O)NC2CCN(c3nccc(-c4ccc[nH]4)n3)C2)c1C. The first-order chi connectivity index (χ1) is 14.0. The summed E-state index contributed by atoms with van der Waals surface area (Å²) < 4.78 is 1.80. The van der Waals surface area contributed by atoms with Gasteiger partial charge >= 0.3 is 0 Å². The standard InChI is InChI=1S/C21H27N7O/c1-4-17-14(2)26-28(15(17)3)13-20(29)24-16-8-11-27(12-16)21-23-10-7-19(25-21)18-6-5-9-22-18/h5-7,9-10,16,22H,4,8,11-13H2,1-3H3,(H,24,29). The van der Waals surface area contributed by atoms with Gasteiger partial charge in [0.25, 0.3) is 0 Å². The fourth-order valence-electron chi connectivity index (χ4n) is 4.01. The number of amides is 1. The number of carbonyl (C=O) groups is 1. The Balaban J connectivity index is 1.37. The van der Waals surface area contributed by atoms with Crippen molar-refractivity contribution in [2.45, 2.75) is 46.2 Å². The molecule has 0 aliphatic carbocycles. The number of rotatable bonds is 6. The highest BCUT2D eigenvalue weighted by Crippen LogP contribution is 2.20. The molecule has 1 saturated heterocycles. The van der Waals surface area contributed by atoms with Crippen molar-refractivity contribution in [2.24, 2.45) is 0 Å². The molecule has 1 amide bonds. The average molecular weight is 393 g/mol. The second-order valence-electron chi connectivity index (χ2n) is 7.49. The Hall–Kier alpha value is -3.16. The molecule has 0 aromatic carbocycles. The Labute approximate surface area is 170 Å². The van der Waals surface area contributed by atoms with Crippen molar-refractivity contribution in [1.29, 1.82) is 0 Å². The van der Waals surface area contributed by atoms with Gasteiger partial charge in [0.05, 0.1) is 17.1 Å². The number of aryl methyl sites for hydroxylation is 1. The van der Waals surface area contributed by atoms with Crippen LogP contribution in [0.3, 0.4) is 0 Å². The van der Waals surface area contributed by atoms with Gasteiger partial charge in [0.1, 0.15) is 6.54 Å². The zero-order valence-corrected chi connectivity index (χ0v) is 17.1. The molecule has 0 bridgehead atoms. The largest absolute Gasteiger partial charge is 0.360 e. The van der Waals surface area contributed by atoms with Crippen LogP contribution < -0.4 is 10.2 Å². The van der Waals surface area contributed by atoms with Crippen LogP contribution in [-0.4, -0.2) is 49.8 Å². The molecule has 4 heterocycles. The maximum atomic E-state index is 12.6. The Morgan fingerprint density at radius 1 is 1.34 bits per heavy atom. The molecule has 3 aromatic heterocycles. The Bertz CT molecular complexity index is 993. The van der Waals surface area contributed by atoms with E-state index in [2.05, 4.69) is 37.2 Å². The lowest BCUT2D eigenvalue weighted by molar-refractivity contribution is -0.122. The molecule has 0 spiro atoms. The lowest BCUT2D eigenvalue weighted by Crippen LogP contribution is -2.39. The minimum Gasteiger partial charge on any atom is -0.360 e. The third kappa shape index (κ3) is 4.01. The summed E-state index contributed by atoms with van der Waals surface area (Å²) in [5.74, 6) is 0.686. The molecule has 8 nitrogen and oxygen atoms in total. The van der Waals surface area contributed by atoms with E-state index in [9.17, 15) is 4.79 Å². The van der Waals surface area contributed by atoms with Crippen LogP contribution in [0, 0.1) is 13.8 Å². The summed E-state index contributed by atoms with van der Waals surface area (Å²) in [4.78, 5) is 26.9. The van der Waals surface area contributed by atoms with E-state index < -0.39 is 0 Å². The van der Waals surface area contributed by atoms with Crippen molar-refractivity contribution in [3.63, 3.8) is 0 Å². The molecule has 2 N–H and O–H groups in total. The van der Waals surface area contributed by atoms with Crippen molar-refractivity contribution < 1.29 is 4.79 Å². The van der Waals surface area contributed by atoms with Gasteiger partial charge in [0.2, 0.25) is 11.9 Å². The van der Waals surface area contributed by atoms with Gasteiger partial charge in [-0.2, -0.15) is 5.10 Å². The second-order valence-corrected chi connectivity index (χ2v) is 7.49. The number of nitrogens with zero attached hydrogens (tertiary/aromatic N) is 5. The number of aromatic amines is 1. The van der Waals surface area contributed by atoms with Crippen molar-refractivity contribution in [3.05, 3.63) is 47.5 Å². The molecule has 1 aliphatic heterocycles. The van der Waals surface area contributed by atoms with Crippen LogP contribution in [0.4, 0.5) is 5.95 Å². The van der Waals surface area contributed by atoms with Gasteiger partial charge in [0.15, 0.2) is 0 Å². The molecule has 8 heteroatoms. The molecule has 4 rings (SSSR count). The highest BCUT2D eigenvalue weighted by molar-refractivity contribution is 5.76. The van der Waals surface area contributed by atoms with Crippen LogP contribution in [0.1, 0.15) is 30.3 Å². The predicted molar refractivity (Wildman–Crippen MR) is 112 cm³/mol. The summed E-state index contributed by atoms with van der Waals surface area (Å²) >= 11 is 0. The molecule has 1 atom stereocenters. The molecule has 29 heavy (non-hydrogen) atoms. The van der Waals surface area contributed by atoms with E-state index in [4.69, 9.17) is 0 Å². The number of hydrogen-bond donors (Lipinski definition) is 2. The molecule has 1 fully saturated rings. The first-order valence-electron chi connectivity index (χ1n) is 10.1. The van der Waals surface area contributed by atoms with E-state index >= 15 is 0 Å². The van der Waals surface area contributed by atoms with Crippen LogP contribution in [-0.2, 0) is 17.8 Å². The smallest absolute Gasteiger partial charge is 0.242 e. The molecular formula is C21H27N7O. The number of carbonyl (C=O) groups excluding carboxylic acids is 1. The highest BCUT2D eigenvalue weighted by atomic mass is 16.2. The molecule has 1 aliphatic rings. The van der Waals surface area contributed by atoms with Crippen LogP contribution >= 0.6 is 0 Å². The normalized spacial score (nSPS) is 16.4. The van der Waals surface area contributed by atoms with Gasteiger partial charge < -0.3 is 15.2 Å². The number of hydrogen-bond acceptors (Lipinski definition) is 5. The van der Waals surface area contributed by atoms with Gasteiger partial charge in [0, 0.05) is 37.2 Å². The first-order valence-corrected chi connectivity index (χ1v) is 10.1. The van der Waals surface area contributed by atoms with Crippen LogP contribution in [0.15, 0.2) is 30.6 Å². The first kappa shape index (κ1) is 19.2. The van der Waals surface area contributed by atoms with E-state index in [-0.39, 0.29) is 18.5 Å². The molecule has 0 radical (unpaired) electrons. The fraction of sp³-hybridized carbons (Fsp3) is 0.429. The van der Waals surface area contributed by atoms with Crippen molar-refractivity contribution in [3.8, 4) is 11.4 Å². The van der Waals surface area contributed by atoms with Gasteiger partial charge in [-0.3, -0.25) is 9.48 Å². The van der Waals surface area contributed by atoms with Gasteiger partial charge in [-0.05, 0) is 50.5 Å². The van der Waals surface area contributed by atoms with E-state index in [1.807, 2.05) is 38.2 Å². The summed E-state index contributed by atoms with van der Waals surface area (Å²) in [6.45, 7) is 7.91. The lowest BCUT2D eigenvalue weighted by atomic mass is 10.1. The van der Waals surface area contributed by atoms with Crippen molar-refractivity contribution in [2.75, 3.05) is 18.0 Å². The Kier molecular flexibility index (Phi) is 5.33. The summed E-state index contributed by atoms with van der Waals surface area (Å²) in [6, 6.07) is 5.92. The monoisotopic (exact) mass is 393 g/mol. The quantitative estimate of drug-likeness (QED) is 0.670. The summed E-state index contributed by atoms with van der Waals surface area (Å²) in [5, 5.41) is 7.65. The second kappa shape index (κ2) is 8.06. The highest BCUT2D eigenvalue weighted by Gasteiger charge is 2.26. The van der Waals surface area contributed by atoms with E-state index in [1.165, 1.54) is 5.56 Å². The number of nitrogens with one attached hydrogen (secondary N) is 2. The zero-order valence-electron chi connectivity index (χ0n) is 17.1. The van der Waals surface area contributed by atoms with Crippen LogP contribution in [0.25, 0.3) is 11.4 Å². The number of aromatic nitrogens is 5. The van der Waals surface area contributed by atoms with Crippen LogP contribution in [0.2, 0.25) is 0 Å². The third-order valence-electron chi connectivity index (χ3n) is 5.53. The topological polar surface area (TPSA) is 91.7 Å². The molecule has 152 valence electrons. The fourth-order valence-corrected chi connectivity index (χ4v) is 4.01. The van der Waals surface area contributed by atoms with Crippen molar-refractivity contribution >= 4 is 11.9 Å².